The maximum atomic E-state index is 13.7. The van der Waals surface area contributed by atoms with Gasteiger partial charge in [0, 0.05) is 24.7 Å². The highest BCUT2D eigenvalue weighted by atomic mass is 19.1. The molecule has 1 aliphatic rings. The van der Waals surface area contributed by atoms with E-state index in [9.17, 15) is 9.18 Å². The number of carbonyl (C=O) groups excluding carboxylic acids is 1. The fraction of sp³-hybridized carbons (Fsp3) is 0.238. The van der Waals surface area contributed by atoms with Gasteiger partial charge in [0.05, 0.1) is 5.92 Å². The predicted octanol–water partition coefficient (Wildman–Crippen LogP) is 4.39. The molecule has 0 bridgehead atoms. The van der Waals surface area contributed by atoms with Gasteiger partial charge in [-0.25, -0.2) is 9.37 Å². The van der Waals surface area contributed by atoms with E-state index in [-0.39, 0.29) is 17.6 Å². The Bertz CT molecular complexity index is 930. The van der Waals surface area contributed by atoms with E-state index in [1.165, 1.54) is 18.2 Å². The summed E-state index contributed by atoms with van der Waals surface area (Å²) >= 11 is 0. The average molecular weight is 350 g/mol. The van der Waals surface area contributed by atoms with Crippen LogP contribution in [0, 0.1) is 5.82 Å². The van der Waals surface area contributed by atoms with Crippen LogP contribution in [0.5, 0.6) is 0 Å². The highest BCUT2D eigenvalue weighted by Crippen LogP contribution is 2.29. The van der Waals surface area contributed by atoms with Crippen LogP contribution in [-0.2, 0) is 4.79 Å². The molecule has 0 radical (unpaired) electrons. The number of amides is 1. The fourth-order valence-corrected chi connectivity index (χ4v) is 3.32. The van der Waals surface area contributed by atoms with E-state index >= 15 is 0 Å². The molecule has 132 valence electrons. The van der Waals surface area contributed by atoms with E-state index in [1.807, 2.05) is 24.3 Å². The maximum Gasteiger partial charge on any atom is 0.246 e. The number of rotatable bonds is 3. The van der Waals surface area contributed by atoms with Gasteiger partial charge in [-0.3, -0.25) is 4.79 Å². The molecule has 0 N–H and O–H groups in total. The molecule has 3 aromatic rings. The molecule has 1 aromatic heterocycles. The Kier molecular flexibility index (Phi) is 4.52. The van der Waals surface area contributed by atoms with Crippen molar-refractivity contribution in [3.8, 4) is 0 Å². The first-order chi connectivity index (χ1) is 12.7. The lowest BCUT2D eigenvalue weighted by molar-refractivity contribution is -0.127. The number of hydrogen-bond donors (Lipinski definition) is 0. The summed E-state index contributed by atoms with van der Waals surface area (Å²) in [5, 5.41) is 0. The molecule has 2 aromatic carbocycles. The second-order valence-electron chi connectivity index (χ2n) is 6.50. The van der Waals surface area contributed by atoms with Crippen molar-refractivity contribution >= 4 is 23.1 Å². The molecule has 4 rings (SSSR count). The first-order valence-electron chi connectivity index (χ1n) is 8.78. The third-order valence-corrected chi connectivity index (χ3v) is 4.70. The molecule has 0 aliphatic carbocycles. The molecular weight excluding hydrogens is 331 g/mol. The zero-order valence-electron chi connectivity index (χ0n) is 14.3. The largest absolute Gasteiger partial charge is 0.440 e. The smallest absolute Gasteiger partial charge is 0.246 e. The standard InChI is InChI=1S/C21H19FN2O2/c22-17-8-2-1-6-15(17)11-12-20(25)24-13-5-7-16(14-24)21-23-18-9-3-4-10-19(18)26-21/h1-4,6,8-12,16H,5,7,13-14H2/b12-11-/t16-/m0/s1. The SMILES string of the molecule is O=C(/C=C\c1ccccc1F)N1CCC[C@H](c2nc3ccccc3o2)C1. The van der Waals surface area contributed by atoms with Crippen molar-refractivity contribution in [3.63, 3.8) is 0 Å². The summed E-state index contributed by atoms with van der Waals surface area (Å²) < 4.78 is 19.5. The fourth-order valence-electron chi connectivity index (χ4n) is 3.32. The van der Waals surface area contributed by atoms with Crippen LogP contribution in [0.3, 0.4) is 0 Å². The van der Waals surface area contributed by atoms with E-state index in [2.05, 4.69) is 4.98 Å². The van der Waals surface area contributed by atoms with Crippen molar-refractivity contribution < 1.29 is 13.6 Å². The molecule has 26 heavy (non-hydrogen) atoms. The molecule has 2 heterocycles. The van der Waals surface area contributed by atoms with Crippen LogP contribution in [0.15, 0.2) is 59.0 Å². The number of halogens is 1. The summed E-state index contributed by atoms with van der Waals surface area (Å²) in [6.07, 6.45) is 4.80. The number of fused-ring (bicyclic) bond motifs is 1. The third-order valence-electron chi connectivity index (χ3n) is 4.70. The Balaban J connectivity index is 1.47. The average Bonchev–Trinajstić information content (AvgIpc) is 3.11. The van der Waals surface area contributed by atoms with Crippen LogP contribution in [0.25, 0.3) is 17.2 Å². The minimum atomic E-state index is -0.334. The van der Waals surface area contributed by atoms with E-state index in [1.54, 1.807) is 23.1 Å². The molecule has 4 nitrogen and oxygen atoms in total. The molecule has 1 saturated heterocycles. The molecular formula is C21H19FN2O2. The number of benzene rings is 2. The Morgan fingerprint density at radius 2 is 2.00 bits per heavy atom. The van der Waals surface area contributed by atoms with Crippen LogP contribution in [0.4, 0.5) is 4.39 Å². The zero-order valence-corrected chi connectivity index (χ0v) is 14.3. The Morgan fingerprint density at radius 3 is 2.85 bits per heavy atom. The third kappa shape index (κ3) is 3.38. The highest BCUT2D eigenvalue weighted by Gasteiger charge is 2.27. The molecule has 0 saturated carbocycles. The molecule has 0 spiro atoms. The van der Waals surface area contributed by atoms with Crippen molar-refractivity contribution in [2.24, 2.45) is 0 Å². The summed E-state index contributed by atoms with van der Waals surface area (Å²) in [5.41, 5.74) is 2.02. The van der Waals surface area contributed by atoms with Gasteiger partial charge in [0.2, 0.25) is 5.91 Å². The van der Waals surface area contributed by atoms with Gasteiger partial charge in [0.1, 0.15) is 11.3 Å². The highest BCUT2D eigenvalue weighted by molar-refractivity contribution is 5.91. The first kappa shape index (κ1) is 16.5. The maximum absolute atomic E-state index is 13.7. The molecule has 1 atom stereocenters. The number of aromatic nitrogens is 1. The number of carbonyl (C=O) groups is 1. The van der Waals surface area contributed by atoms with Crippen LogP contribution in [0.2, 0.25) is 0 Å². The molecule has 1 aliphatic heterocycles. The number of hydrogen-bond acceptors (Lipinski definition) is 3. The number of piperidine rings is 1. The van der Waals surface area contributed by atoms with Gasteiger partial charge in [-0.05, 0) is 37.1 Å². The second-order valence-corrected chi connectivity index (χ2v) is 6.50. The quantitative estimate of drug-likeness (QED) is 0.658. The van der Waals surface area contributed by atoms with Crippen LogP contribution < -0.4 is 0 Å². The lowest BCUT2D eigenvalue weighted by atomic mass is 9.98. The van der Waals surface area contributed by atoms with E-state index in [4.69, 9.17) is 4.42 Å². The topological polar surface area (TPSA) is 46.3 Å². The van der Waals surface area contributed by atoms with Crippen molar-refractivity contribution in [3.05, 3.63) is 71.9 Å². The van der Waals surface area contributed by atoms with Crippen molar-refractivity contribution in [2.45, 2.75) is 18.8 Å². The monoisotopic (exact) mass is 350 g/mol. The number of likely N-dealkylation sites (tertiary alicyclic amines) is 1. The van der Waals surface area contributed by atoms with E-state index in [0.29, 0.717) is 24.5 Å². The summed E-state index contributed by atoms with van der Waals surface area (Å²) in [7, 11) is 0. The minimum Gasteiger partial charge on any atom is -0.440 e. The Hall–Kier alpha value is -2.95. The number of oxazole rings is 1. The van der Waals surface area contributed by atoms with Gasteiger partial charge >= 0.3 is 0 Å². The second kappa shape index (κ2) is 7.12. The summed E-state index contributed by atoms with van der Waals surface area (Å²) in [6, 6.07) is 14.1. The van der Waals surface area contributed by atoms with Gasteiger partial charge in [-0.1, -0.05) is 30.3 Å². The van der Waals surface area contributed by atoms with Gasteiger partial charge in [0.25, 0.3) is 0 Å². The van der Waals surface area contributed by atoms with Crippen LogP contribution in [0.1, 0.15) is 30.2 Å². The van der Waals surface area contributed by atoms with Gasteiger partial charge in [0.15, 0.2) is 11.5 Å². The number of para-hydroxylation sites is 2. The first-order valence-corrected chi connectivity index (χ1v) is 8.78. The summed E-state index contributed by atoms with van der Waals surface area (Å²) in [5.74, 6) is 0.317. The normalized spacial score (nSPS) is 17.9. The Labute approximate surface area is 150 Å². The molecule has 0 unspecified atom stereocenters. The predicted molar refractivity (Wildman–Crippen MR) is 98.0 cm³/mol. The number of nitrogens with zero attached hydrogens (tertiary/aromatic N) is 2. The lowest BCUT2D eigenvalue weighted by Gasteiger charge is -2.30. The summed E-state index contributed by atoms with van der Waals surface area (Å²) in [4.78, 5) is 18.8. The molecule has 1 amide bonds. The van der Waals surface area contributed by atoms with Crippen LogP contribution in [-0.4, -0.2) is 28.9 Å². The van der Waals surface area contributed by atoms with Gasteiger partial charge in [-0.2, -0.15) is 0 Å². The van der Waals surface area contributed by atoms with E-state index in [0.717, 1.165) is 23.9 Å². The van der Waals surface area contributed by atoms with Gasteiger partial charge < -0.3 is 9.32 Å². The lowest BCUT2D eigenvalue weighted by Crippen LogP contribution is -2.38. The van der Waals surface area contributed by atoms with Crippen molar-refractivity contribution in [1.82, 2.24) is 9.88 Å². The molecule has 1 fully saturated rings. The van der Waals surface area contributed by atoms with Crippen molar-refractivity contribution in [1.29, 1.82) is 0 Å². The minimum absolute atomic E-state index is 0.0851. The summed E-state index contributed by atoms with van der Waals surface area (Å²) in [6.45, 7) is 1.25. The van der Waals surface area contributed by atoms with Crippen molar-refractivity contribution in [2.75, 3.05) is 13.1 Å². The molecule has 5 heteroatoms. The van der Waals surface area contributed by atoms with E-state index < -0.39 is 0 Å². The zero-order chi connectivity index (χ0) is 17.9. The van der Waals surface area contributed by atoms with Gasteiger partial charge in [-0.15, -0.1) is 0 Å². The Morgan fingerprint density at radius 1 is 1.19 bits per heavy atom. The van der Waals surface area contributed by atoms with Crippen LogP contribution >= 0.6 is 0 Å².